The van der Waals surface area contributed by atoms with E-state index in [2.05, 4.69) is 4.98 Å². The van der Waals surface area contributed by atoms with Gasteiger partial charge in [0, 0.05) is 33.1 Å². The number of sulfonamides is 1. The normalized spacial score (nSPS) is 17.4. The summed E-state index contributed by atoms with van der Waals surface area (Å²) in [5.74, 6) is -0.0392. The Labute approximate surface area is 112 Å². The number of nitrogens with zero attached hydrogens (tertiary/aromatic N) is 3. The molecule has 8 heteroatoms. The van der Waals surface area contributed by atoms with E-state index in [9.17, 15) is 13.2 Å². The summed E-state index contributed by atoms with van der Waals surface area (Å²) in [4.78, 5) is 16.7. The molecule has 0 radical (unpaired) electrons. The molecule has 0 bridgehead atoms. The summed E-state index contributed by atoms with van der Waals surface area (Å²) in [7, 11) is -3.60. The SMILES string of the molecule is CC(=O)N1CCN(S(=O)(=O)c2ccc(N)cn2)CC1. The molecule has 0 spiro atoms. The lowest BCUT2D eigenvalue weighted by Crippen LogP contribution is -2.50. The van der Waals surface area contributed by atoms with E-state index in [1.54, 1.807) is 4.90 Å². The number of nitrogens with two attached hydrogens (primary N) is 1. The summed E-state index contributed by atoms with van der Waals surface area (Å²) >= 11 is 0. The summed E-state index contributed by atoms with van der Waals surface area (Å²) in [5, 5.41) is -0.0158. The third-order valence-electron chi connectivity index (χ3n) is 3.05. The molecular weight excluding hydrogens is 268 g/mol. The van der Waals surface area contributed by atoms with Crippen LogP contribution in [0.1, 0.15) is 6.92 Å². The van der Waals surface area contributed by atoms with Crippen molar-refractivity contribution in [3.8, 4) is 0 Å². The Morgan fingerprint density at radius 2 is 1.89 bits per heavy atom. The number of piperazine rings is 1. The van der Waals surface area contributed by atoms with Gasteiger partial charge in [-0.05, 0) is 12.1 Å². The van der Waals surface area contributed by atoms with Crippen LogP contribution >= 0.6 is 0 Å². The first-order chi connectivity index (χ1) is 8.91. The standard InChI is InChI=1S/C11H16N4O3S/c1-9(16)14-4-6-15(7-5-14)19(17,18)11-3-2-10(12)8-13-11/h2-3,8H,4-7,12H2,1H3. The minimum atomic E-state index is -3.60. The van der Waals surface area contributed by atoms with Crippen molar-refractivity contribution < 1.29 is 13.2 Å². The maximum atomic E-state index is 12.3. The molecule has 1 saturated heterocycles. The van der Waals surface area contributed by atoms with E-state index in [1.807, 2.05) is 0 Å². The molecule has 104 valence electrons. The monoisotopic (exact) mass is 284 g/mol. The smallest absolute Gasteiger partial charge is 0.260 e. The molecule has 0 saturated carbocycles. The molecule has 1 fully saturated rings. The lowest BCUT2D eigenvalue weighted by molar-refractivity contribution is -0.129. The van der Waals surface area contributed by atoms with Gasteiger partial charge in [0.2, 0.25) is 5.91 Å². The number of aromatic nitrogens is 1. The number of nitrogen functional groups attached to an aromatic ring is 1. The zero-order valence-corrected chi connectivity index (χ0v) is 11.4. The van der Waals surface area contributed by atoms with Crippen LogP contribution < -0.4 is 5.73 Å². The van der Waals surface area contributed by atoms with E-state index in [0.717, 1.165) is 0 Å². The maximum Gasteiger partial charge on any atom is 0.260 e. The van der Waals surface area contributed by atoms with Gasteiger partial charge < -0.3 is 10.6 Å². The summed E-state index contributed by atoms with van der Waals surface area (Å²) in [5.41, 5.74) is 5.90. The minimum absolute atomic E-state index is 0.0158. The number of carbonyl (C=O) groups excluding carboxylic acids is 1. The Bertz CT molecular complexity index is 562. The highest BCUT2D eigenvalue weighted by molar-refractivity contribution is 7.89. The molecule has 1 aliphatic heterocycles. The molecule has 7 nitrogen and oxygen atoms in total. The molecule has 0 atom stereocenters. The van der Waals surface area contributed by atoms with Gasteiger partial charge >= 0.3 is 0 Å². The quantitative estimate of drug-likeness (QED) is 0.791. The van der Waals surface area contributed by atoms with Gasteiger partial charge in [-0.2, -0.15) is 4.31 Å². The number of anilines is 1. The average Bonchev–Trinajstić information content (AvgIpc) is 2.39. The first kappa shape index (κ1) is 13.8. The molecule has 1 aromatic heterocycles. The number of pyridine rings is 1. The molecule has 1 amide bonds. The lowest BCUT2D eigenvalue weighted by Gasteiger charge is -2.33. The number of hydrogen-bond donors (Lipinski definition) is 1. The Morgan fingerprint density at radius 3 is 2.37 bits per heavy atom. The molecule has 19 heavy (non-hydrogen) atoms. The van der Waals surface area contributed by atoms with Crippen LogP contribution in [-0.4, -0.2) is 54.7 Å². The molecule has 2 rings (SSSR count). The largest absolute Gasteiger partial charge is 0.397 e. The highest BCUT2D eigenvalue weighted by atomic mass is 32.2. The molecule has 2 heterocycles. The van der Waals surface area contributed by atoms with E-state index in [-0.39, 0.29) is 24.0 Å². The minimum Gasteiger partial charge on any atom is -0.397 e. The second kappa shape index (κ2) is 5.14. The maximum absolute atomic E-state index is 12.3. The summed E-state index contributed by atoms with van der Waals surface area (Å²) < 4.78 is 25.9. The van der Waals surface area contributed by atoms with Gasteiger partial charge in [-0.1, -0.05) is 0 Å². The molecule has 2 N–H and O–H groups in total. The predicted molar refractivity (Wildman–Crippen MR) is 69.7 cm³/mol. The van der Waals surface area contributed by atoms with Crippen molar-refractivity contribution in [2.24, 2.45) is 0 Å². The zero-order valence-electron chi connectivity index (χ0n) is 10.6. The topological polar surface area (TPSA) is 96.6 Å². The van der Waals surface area contributed by atoms with Crippen LogP contribution in [0.5, 0.6) is 0 Å². The Kier molecular flexibility index (Phi) is 3.72. The van der Waals surface area contributed by atoms with Crippen LogP contribution in [0.15, 0.2) is 23.4 Å². The number of rotatable bonds is 2. The number of amides is 1. The Morgan fingerprint density at radius 1 is 1.26 bits per heavy atom. The second-order valence-corrected chi connectivity index (χ2v) is 6.22. The Balaban J connectivity index is 2.14. The zero-order chi connectivity index (χ0) is 14.0. The fraction of sp³-hybridized carbons (Fsp3) is 0.455. The van der Waals surface area contributed by atoms with Crippen LogP contribution in [0, 0.1) is 0 Å². The first-order valence-electron chi connectivity index (χ1n) is 5.88. The van der Waals surface area contributed by atoms with Crippen molar-refractivity contribution in [3.05, 3.63) is 18.3 Å². The average molecular weight is 284 g/mol. The highest BCUT2D eigenvalue weighted by Crippen LogP contribution is 2.16. The molecule has 1 aromatic rings. The number of carbonyl (C=O) groups is 1. The van der Waals surface area contributed by atoms with Gasteiger partial charge in [0.25, 0.3) is 10.0 Å². The third-order valence-corrected chi connectivity index (χ3v) is 4.86. The van der Waals surface area contributed by atoms with Crippen molar-refractivity contribution in [3.63, 3.8) is 0 Å². The number of hydrogen-bond acceptors (Lipinski definition) is 5. The summed E-state index contributed by atoms with van der Waals surface area (Å²) in [6.07, 6.45) is 1.32. The van der Waals surface area contributed by atoms with E-state index in [0.29, 0.717) is 18.8 Å². The summed E-state index contributed by atoms with van der Waals surface area (Å²) in [6, 6.07) is 2.90. The summed E-state index contributed by atoms with van der Waals surface area (Å²) in [6.45, 7) is 2.86. The molecule has 0 aliphatic carbocycles. The van der Waals surface area contributed by atoms with Crippen molar-refractivity contribution in [2.45, 2.75) is 11.9 Å². The van der Waals surface area contributed by atoms with Gasteiger partial charge in [0.1, 0.15) is 0 Å². The molecule has 0 unspecified atom stereocenters. The van der Waals surface area contributed by atoms with Crippen LogP contribution in [0.25, 0.3) is 0 Å². The van der Waals surface area contributed by atoms with E-state index < -0.39 is 10.0 Å². The van der Waals surface area contributed by atoms with Crippen molar-refractivity contribution in [2.75, 3.05) is 31.9 Å². The van der Waals surface area contributed by atoms with E-state index in [4.69, 9.17) is 5.73 Å². The first-order valence-corrected chi connectivity index (χ1v) is 7.32. The lowest BCUT2D eigenvalue weighted by atomic mass is 10.3. The van der Waals surface area contributed by atoms with Gasteiger partial charge in [-0.25, -0.2) is 13.4 Å². The van der Waals surface area contributed by atoms with Gasteiger partial charge in [-0.15, -0.1) is 0 Å². The predicted octanol–water partition coefficient (Wildman–Crippen LogP) is -0.483. The third kappa shape index (κ3) is 2.85. The van der Waals surface area contributed by atoms with Gasteiger partial charge in [-0.3, -0.25) is 4.79 Å². The Hall–Kier alpha value is -1.67. The highest BCUT2D eigenvalue weighted by Gasteiger charge is 2.29. The van der Waals surface area contributed by atoms with E-state index >= 15 is 0 Å². The second-order valence-electron chi connectivity index (χ2n) is 4.34. The molecule has 1 aliphatic rings. The fourth-order valence-corrected chi connectivity index (χ4v) is 3.25. The molecular formula is C11H16N4O3S. The van der Waals surface area contributed by atoms with Crippen LogP contribution in [0.3, 0.4) is 0 Å². The van der Waals surface area contributed by atoms with Crippen molar-refractivity contribution >= 4 is 21.6 Å². The van der Waals surface area contributed by atoms with Gasteiger partial charge in [0.05, 0.1) is 11.9 Å². The van der Waals surface area contributed by atoms with E-state index in [1.165, 1.54) is 29.6 Å². The van der Waals surface area contributed by atoms with Crippen LogP contribution in [0.2, 0.25) is 0 Å². The van der Waals surface area contributed by atoms with Crippen LogP contribution in [0.4, 0.5) is 5.69 Å². The van der Waals surface area contributed by atoms with Crippen LogP contribution in [-0.2, 0) is 14.8 Å². The van der Waals surface area contributed by atoms with Gasteiger partial charge in [0.15, 0.2) is 5.03 Å². The van der Waals surface area contributed by atoms with Crippen molar-refractivity contribution in [1.29, 1.82) is 0 Å². The van der Waals surface area contributed by atoms with Crippen molar-refractivity contribution in [1.82, 2.24) is 14.2 Å². The fourth-order valence-electron chi connectivity index (χ4n) is 1.92. The molecule has 0 aromatic carbocycles.